The van der Waals surface area contributed by atoms with Crippen LogP contribution in [-0.4, -0.2) is 24.5 Å². The fourth-order valence-corrected chi connectivity index (χ4v) is 1.12. The van der Waals surface area contributed by atoms with Gasteiger partial charge in [0.2, 0.25) is 0 Å². The summed E-state index contributed by atoms with van der Waals surface area (Å²) in [6, 6.07) is 2.25. The van der Waals surface area contributed by atoms with E-state index in [1.54, 1.807) is 0 Å². The molecule has 0 aliphatic heterocycles. The van der Waals surface area contributed by atoms with Crippen LogP contribution < -0.4 is 0 Å². The summed E-state index contributed by atoms with van der Waals surface area (Å²) in [5.41, 5.74) is 0. The van der Waals surface area contributed by atoms with Gasteiger partial charge in [0.05, 0.1) is 12.0 Å². The van der Waals surface area contributed by atoms with E-state index in [0.717, 1.165) is 19.6 Å². The van der Waals surface area contributed by atoms with Gasteiger partial charge in [-0.3, -0.25) is 0 Å². The third-order valence-corrected chi connectivity index (χ3v) is 1.74. The van der Waals surface area contributed by atoms with Gasteiger partial charge in [-0.2, -0.15) is 5.26 Å². The second-order valence-electron chi connectivity index (χ2n) is 2.92. The van der Waals surface area contributed by atoms with E-state index in [1.807, 2.05) is 6.92 Å². The van der Waals surface area contributed by atoms with Crippen molar-refractivity contribution in [2.24, 2.45) is 5.92 Å². The minimum atomic E-state index is 0.168. The third kappa shape index (κ3) is 4.80. The van der Waals surface area contributed by atoms with Crippen molar-refractivity contribution in [3.05, 3.63) is 0 Å². The summed E-state index contributed by atoms with van der Waals surface area (Å²) in [4.78, 5) is 2.31. The average molecular weight is 154 g/mol. The first-order valence-corrected chi connectivity index (χ1v) is 4.36. The van der Waals surface area contributed by atoms with Crippen molar-refractivity contribution >= 4 is 0 Å². The molecule has 0 bridgehead atoms. The molecule has 2 heteroatoms. The topological polar surface area (TPSA) is 27.0 Å². The Bertz CT molecular complexity index is 126. The molecular weight excluding hydrogens is 136 g/mol. The summed E-state index contributed by atoms with van der Waals surface area (Å²) in [6.07, 6.45) is 1.17. The summed E-state index contributed by atoms with van der Waals surface area (Å²) in [6.45, 7) is 9.36. The maximum atomic E-state index is 8.57. The fourth-order valence-electron chi connectivity index (χ4n) is 1.12. The number of hydrogen-bond donors (Lipinski definition) is 0. The lowest BCUT2D eigenvalue weighted by Crippen LogP contribution is -2.28. The summed E-state index contributed by atoms with van der Waals surface area (Å²) in [5.74, 6) is 0.168. The van der Waals surface area contributed by atoms with Gasteiger partial charge in [-0.25, -0.2) is 0 Å². The highest BCUT2D eigenvalue weighted by atomic mass is 15.1. The van der Waals surface area contributed by atoms with E-state index >= 15 is 0 Å². The van der Waals surface area contributed by atoms with Gasteiger partial charge in [0.15, 0.2) is 0 Å². The molecule has 0 saturated carbocycles. The molecule has 0 heterocycles. The van der Waals surface area contributed by atoms with E-state index in [9.17, 15) is 0 Å². The van der Waals surface area contributed by atoms with Gasteiger partial charge in [-0.1, -0.05) is 13.8 Å². The van der Waals surface area contributed by atoms with Crippen molar-refractivity contribution in [2.75, 3.05) is 19.6 Å². The van der Waals surface area contributed by atoms with Crippen LogP contribution in [0.3, 0.4) is 0 Å². The first-order valence-electron chi connectivity index (χ1n) is 4.36. The van der Waals surface area contributed by atoms with E-state index in [1.165, 1.54) is 6.42 Å². The van der Waals surface area contributed by atoms with Crippen molar-refractivity contribution in [1.29, 1.82) is 5.26 Å². The Morgan fingerprint density at radius 1 is 1.45 bits per heavy atom. The van der Waals surface area contributed by atoms with E-state index < -0.39 is 0 Å². The van der Waals surface area contributed by atoms with Crippen molar-refractivity contribution < 1.29 is 0 Å². The Balaban J connectivity index is 3.60. The Morgan fingerprint density at radius 2 is 2.09 bits per heavy atom. The van der Waals surface area contributed by atoms with Gasteiger partial charge < -0.3 is 4.90 Å². The van der Waals surface area contributed by atoms with Crippen LogP contribution in [0.2, 0.25) is 0 Å². The SMILES string of the molecule is CCCN(CC)CC(C)C#N. The van der Waals surface area contributed by atoms with Crippen LogP contribution in [0.25, 0.3) is 0 Å². The van der Waals surface area contributed by atoms with Crippen molar-refractivity contribution in [2.45, 2.75) is 27.2 Å². The predicted octanol–water partition coefficient (Wildman–Crippen LogP) is 1.88. The molecule has 0 spiro atoms. The normalized spacial score (nSPS) is 13.0. The molecule has 0 aliphatic carbocycles. The molecule has 0 aromatic heterocycles. The molecule has 0 aliphatic rings. The summed E-state index contributed by atoms with van der Waals surface area (Å²) >= 11 is 0. The highest BCUT2D eigenvalue weighted by molar-refractivity contribution is 4.80. The van der Waals surface area contributed by atoms with Crippen LogP contribution in [-0.2, 0) is 0 Å². The van der Waals surface area contributed by atoms with Crippen molar-refractivity contribution in [1.82, 2.24) is 4.90 Å². The Hall–Kier alpha value is -0.550. The second kappa shape index (κ2) is 6.18. The van der Waals surface area contributed by atoms with Crippen LogP contribution in [0.15, 0.2) is 0 Å². The maximum absolute atomic E-state index is 8.57. The van der Waals surface area contributed by atoms with Gasteiger partial charge in [0.25, 0.3) is 0 Å². The second-order valence-corrected chi connectivity index (χ2v) is 2.92. The molecule has 1 unspecified atom stereocenters. The molecule has 0 rings (SSSR count). The van der Waals surface area contributed by atoms with E-state index in [-0.39, 0.29) is 5.92 Å². The molecule has 64 valence electrons. The van der Waals surface area contributed by atoms with Gasteiger partial charge >= 0.3 is 0 Å². The van der Waals surface area contributed by atoms with Gasteiger partial charge in [-0.05, 0) is 26.4 Å². The molecule has 0 amide bonds. The molecular formula is C9H18N2. The molecule has 0 saturated heterocycles. The molecule has 0 fully saturated rings. The quantitative estimate of drug-likeness (QED) is 0.604. The van der Waals surface area contributed by atoms with E-state index in [2.05, 4.69) is 24.8 Å². The van der Waals surface area contributed by atoms with E-state index in [0.29, 0.717) is 0 Å². The van der Waals surface area contributed by atoms with Crippen molar-refractivity contribution in [3.63, 3.8) is 0 Å². The van der Waals surface area contributed by atoms with Crippen molar-refractivity contribution in [3.8, 4) is 6.07 Å². The lowest BCUT2D eigenvalue weighted by molar-refractivity contribution is 0.269. The zero-order valence-electron chi connectivity index (χ0n) is 7.80. The number of nitrogens with zero attached hydrogens (tertiary/aromatic N) is 2. The van der Waals surface area contributed by atoms with Crippen LogP contribution in [0.1, 0.15) is 27.2 Å². The average Bonchev–Trinajstić information content (AvgIpc) is 2.03. The Kier molecular flexibility index (Phi) is 5.87. The highest BCUT2D eigenvalue weighted by Crippen LogP contribution is 1.98. The van der Waals surface area contributed by atoms with Gasteiger partial charge in [0.1, 0.15) is 0 Å². The monoisotopic (exact) mass is 154 g/mol. The molecule has 0 N–H and O–H groups in total. The first-order chi connectivity index (χ1) is 5.24. The summed E-state index contributed by atoms with van der Waals surface area (Å²) in [5, 5.41) is 8.57. The molecule has 0 aromatic rings. The standard InChI is InChI=1S/C9H18N2/c1-4-6-11(5-2)8-9(3)7-10/h9H,4-6,8H2,1-3H3. The van der Waals surface area contributed by atoms with Crippen LogP contribution in [0, 0.1) is 17.2 Å². The first kappa shape index (κ1) is 10.4. The Labute approximate surface area is 69.8 Å². The lowest BCUT2D eigenvalue weighted by Gasteiger charge is -2.20. The zero-order chi connectivity index (χ0) is 8.69. The van der Waals surface area contributed by atoms with E-state index in [4.69, 9.17) is 5.26 Å². The highest BCUT2D eigenvalue weighted by Gasteiger charge is 2.05. The smallest absolute Gasteiger partial charge is 0.0666 e. The lowest BCUT2D eigenvalue weighted by atomic mass is 10.2. The molecule has 11 heavy (non-hydrogen) atoms. The zero-order valence-corrected chi connectivity index (χ0v) is 7.80. The Morgan fingerprint density at radius 3 is 2.45 bits per heavy atom. The predicted molar refractivity (Wildman–Crippen MR) is 47.2 cm³/mol. The number of rotatable bonds is 5. The fraction of sp³-hybridized carbons (Fsp3) is 0.889. The van der Waals surface area contributed by atoms with Gasteiger partial charge in [0, 0.05) is 6.54 Å². The molecule has 1 atom stereocenters. The summed E-state index contributed by atoms with van der Waals surface area (Å²) < 4.78 is 0. The van der Waals surface area contributed by atoms with Crippen LogP contribution in [0.5, 0.6) is 0 Å². The van der Waals surface area contributed by atoms with Crippen LogP contribution in [0.4, 0.5) is 0 Å². The van der Waals surface area contributed by atoms with Gasteiger partial charge in [-0.15, -0.1) is 0 Å². The molecule has 0 radical (unpaired) electrons. The number of hydrogen-bond acceptors (Lipinski definition) is 2. The maximum Gasteiger partial charge on any atom is 0.0666 e. The minimum Gasteiger partial charge on any atom is -0.302 e. The largest absolute Gasteiger partial charge is 0.302 e. The summed E-state index contributed by atoms with van der Waals surface area (Å²) in [7, 11) is 0. The molecule has 0 aromatic carbocycles. The molecule has 2 nitrogen and oxygen atoms in total. The van der Waals surface area contributed by atoms with Crippen LogP contribution >= 0.6 is 0 Å². The third-order valence-electron chi connectivity index (χ3n) is 1.74. The minimum absolute atomic E-state index is 0.168. The number of nitriles is 1.